The molecular formula is C43H37N. The number of hydrogen-bond donors (Lipinski definition) is 0. The van der Waals surface area contributed by atoms with Gasteiger partial charge in [0.05, 0.1) is 0 Å². The zero-order valence-corrected chi connectivity index (χ0v) is 25.4. The van der Waals surface area contributed by atoms with Crippen molar-refractivity contribution >= 4 is 16.9 Å². The van der Waals surface area contributed by atoms with E-state index in [2.05, 4.69) is 170 Å². The Balaban J connectivity index is 1.25. The Morgan fingerprint density at radius 1 is 0.636 bits per heavy atom. The summed E-state index contributed by atoms with van der Waals surface area (Å²) in [5.74, 6) is 0.505. The highest BCUT2D eigenvalue weighted by Gasteiger charge is 2.38. The lowest BCUT2D eigenvalue weighted by atomic mass is 9.69. The Kier molecular flexibility index (Phi) is 6.49. The third-order valence-electron chi connectivity index (χ3n) is 9.94. The summed E-state index contributed by atoms with van der Waals surface area (Å²) >= 11 is 0. The third kappa shape index (κ3) is 4.30. The van der Waals surface area contributed by atoms with Gasteiger partial charge in [0.25, 0.3) is 0 Å². The fraction of sp³-hybridized carbons (Fsp3) is 0.163. The minimum Gasteiger partial charge on any atom is -0.311 e. The van der Waals surface area contributed by atoms with Crippen LogP contribution in [0.15, 0.2) is 169 Å². The van der Waals surface area contributed by atoms with Gasteiger partial charge in [-0.05, 0) is 81.6 Å². The monoisotopic (exact) mass is 567 g/mol. The Bertz CT molecular complexity index is 1930. The Morgan fingerprint density at radius 2 is 1.36 bits per heavy atom. The number of para-hydroxylation sites is 1. The van der Waals surface area contributed by atoms with Crippen molar-refractivity contribution in [2.75, 3.05) is 4.90 Å². The van der Waals surface area contributed by atoms with Gasteiger partial charge in [0.15, 0.2) is 0 Å². The van der Waals surface area contributed by atoms with Crippen molar-refractivity contribution in [2.24, 2.45) is 11.8 Å². The first-order valence-corrected chi connectivity index (χ1v) is 15.9. The molecule has 0 saturated heterocycles. The van der Waals surface area contributed by atoms with Crippen molar-refractivity contribution in [1.29, 1.82) is 0 Å². The SMILES string of the molecule is CC1(C)c2ccccc2-c2ccc(N(C3=CCCC=C3C3C=CC=C4C=CC=C(c5ccccc5)C43)c3ccccc3)cc21. The maximum atomic E-state index is 2.51. The van der Waals surface area contributed by atoms with Crippen LogP contribution < -0.4 is 4.90 Å². The molecule has 2 atom stereocenters. The van der Waals surface area contributed by atoms with E-state index in [1.54, 1.807) is 0 Å². The van der Waals surface area contributed by atoms with E-state index in [1.807, 2.05) is 0 Å². The molecule has 214 valence electrons. The molecule has 0 amide bonds. The fourth-order valence-electron chi connectivity index (χ4n) is 7.84. The molecule has 1 heteroatoms. The van der Waals surface area contributed by atoms with Crippen molar-refractivity contribution in [3.8, 4) is 11.1 Å². The highest BCUT2D eigenvalue weighted by Crippen LogP contribution is 2.52. The second kappa shape index (κ2) is 10.7. The van der Waals surface area contributed by atoms with Gasteiger partial charge >= 0.3 is 0 Å². The minimum atomic E-state index is -0.0560. The predicted molar refractivity (Wildman–Crippen MR) is 186 cm³/mol. The number of nitrogens with zero attached hydrogens (tertiary/aromatic N) is 1. The number of fused-ring (bicyclic) bond motifs is 4. The molecule has 0 bridgehead atoms. The zero-order valence-electron chi connectivity index (χ0n) is 25.4. The van der Waals surface area contributed by atoms with E-state index in [1.165, 1.54) is 61.6 Å². The van der Waals surface area contributed by atoms with Gasteiger partial charge in [0, 0.05) is 34.3 Å². The molecule has 4 aliphatic carbocycles. The van der Waals surface area contributed by atoms with Crippen LogP contribution in [0.5, 0.6) is 0 Å². The van der Waals surface area contributed by atoms with E-state index in [4.69, 9.17) is 0 Å². The minimum absolute atomic E-state index is 0.0560. The topological polar surface area (TPSA) is 3.24 Å². The fourth-order valence-corrected chi connectivity index (χ4v) is 7.84. The summed E-state index contributed by atoms with van der Waals surface area (Å²) in [4.78, 5) is 2.51. The number of allylic oxidation sites excluding steroid dienone is 11. The van der Waals surface area contributed by atoms with Crippen LogP contribution in [-0.4, -0.2) is 0 Å². The van der Waals surface area contributed by atoms with E-state index in [0.29, 0.717) is 0 Å². The van der Waals surface area contributed by atoms with Crippen molar-refractivity contribution in [3.63, 3.8) is 0 Å². The van der Waals surface area contributed by atoms with E-state index in [9.17, 15) is 0 Å². The molecule has 4 aromatic carbocycles. The van der Waals surface area contributed by atoms with Gasteiger partial charge < -0.3 is 4.90 Å². The summed E-state index contributed by atoms with van der Waals surface area (Å²) in [5.41, 5.74) is 14.7. The van der Waals surface area contributed by atoms with E-state index in [0.717, 1.165) is 12.8 Å². The van der Waals surface area contributed by atoms with Gasteiger partial charge in [0.1, 0.15) is 0 Å². The smallest absolute Gasteiger partial charge is 0.0465 e. The average Bonchev–Trinajstić information content (AvgIpc) is 3.31. The number of rotatable bonds is 5. The lowest BCUT2D eigenvalue weighted by Crippen LogP contribution is -2.28. The molecule has 0 N–H and O–H groups in total. The quantitative estimate of drug-likeness (QED) is 0.232. The van der Waals surface area contributed by atoms with Gasteiger partial charge in [-0.2, -0.15) is 0 Å². The molecule has 4 aliphatic rings. The van der Waals surface area contributed by atoms with Crippen LogP contribution in [0.25, 0.3) is 16.7 Å². The summed E-state index contributed by atoms with van der Waals surface area (Å²) in [6, 6.07) is 37.9. The van der Waals surface area contributed by atoms with Crippen molar-refractivity contribution in [2.45, 2.75) is 32.1 Å². The first kappa shape index (κ1) is 26.7. The Hall–Kier alpha value is -4.88. The van der Waals surface area contributed by atoms with Gasteiger partial charge in [-0.3, -0.25) is 0 Å². The molecule has 0 aliphatic heterocycles. The second-order valence-corrected chi connectivity index (χ2v) is 12.8. The lowest BCUT2D eigenvalue weighted by molar-refractivity contribution is 0.619. The lowest BCUT2D eigenvalue weighted by Gasteiger charge is -2.39. The second-order valence-electron chi connectivity index (χ2n) is 12.8. The van der Waals surface area contributed by atoms with Gasteiger partial charge in [0.2, 0.25) is 0 Å². The van der Waals surface area contributed by atoms with Gasteiger partial charge in [-0.25, -0.2) is 0 Å². The van der Waals surface area contributed by atoms with Gasteiger partial charge in [-0.1, -0.05) is 141 Å². The van der Waals surface area contributed by atoms with Crippen LogP contribution in [0.2, 0.25) is 0 Å². The molecular weight excluding hydrogens is 530 g/mol. The first-order valence-electron chi connectivity index (χ1n) is 15.9. The molecule has 44 heavy (non-hydrogen) atoms. The van der Waals surface area contributed by atoms with Crippen molar-refractivity contribution in [1.82, 2.24) is 0 Å². The highest BCUT2D eigenvalue weighted by atomic mass is 15.2. The summed E-state index contributed by atoms with van der Waals surface area (Å²) in [7, 11) is 0. The zero-order chi connectivity index (χ0) is 29.7. The number of anilines is 2. The maximum absolute atomic E-state index is 2.51. The van der Waals surface area contributed by atoms with Crippen LogP contribution in [0.1, 0.15) is 43.4 Å². The number of hydrogen-bond acceptors (Lipinski definition) is 1. The molecule has 2 unspecified atom stereocenters. The molecule has 8 rings (SSSR count). The molecule has 0 spiro atoms. The Labute approximate surface area is 261 Å². The first-order chi connectivity index (χ1) is 21.6. The molecule has 1 nitrogen and oxygen atoms in total. The summed E-state index contributed by atoms with van der Waals surface area (Å²) in [6.07, 6.45) is 20.9. The molecule has 0 saturated carbocycles. The Morgan fingerprint density at radius 3 is 2.20 bits per heavy atom. The van der Waals surface area contributed by atoms with E-state index < -0.39 is 0 Å². The average molecular weight is 568 g/mol. The standard InChI is InChI=1S/C43H37N/c1-43(2)39-25-11-9-21-35(39)36-28-27-33(29-40(36)43)44(32-19-7-4-8-20-32)41-26-12-10-22-37(41)38-24-14-18-31-17-13-23-34(42(31)38)30-15-5-3-6-16-30/h3-9,11,13-29,38,42H,10,12H2,1-2H3. The molecule has 0 fully saturated rings. The largest absolute Gasteiger partial charge is 0.311 e. The summed E-state index contributed by atoms with van der Waals surface area (Å²) in [5, 5.41) is 0. The normalized spacial score (nSPS) is 20.9. The van der Waals surface area contributed by atoms with Crippen LogP contribution in [0, 0.1) is 11.8 Å². The van der Waals surface area contributed by atoms with Crippen LogP contribution >= 0.6 is 0 Å². The van der Waals surface area contributed by atoms with E-state index >= 15 is 0 Å². The molecule has 0 radical (unpaired) electrons. The number of benzene rings is 4. The van der Waals surface area contributed by atoms with E-state index in [-0.39, 0.29) is 17.3 Å². The molecule has 4 aromatic rings. The van der Waals surface area contributed by atoms with Gasteiger partial charge in [-0.15, -0.1) is 0 Å². The van der Waals surface area contributed by atoms with Crippen molar-refractivity contribution in [3.05, 3.63) is 185 Å². The maximum Gasteiger partial charge on any atom is 0.0465 e. The molecule has 0 heterocycles. The van der Waals surface area contributed by atoms with Crippen LogP contribution in [-0.2, 0) is 5.41 Å². The predicted octanol–water partition coefficient (Wildman–Crippen LogP) is 11.1. The van der Waals surface area contributed by atoms with Crippen LogP contribution in [0.3, 0.4) is 0 Å². The van der Waals surface area contributed by atoms with Crippen LogP contribution in [0.4, 0.5) is 11.4 Å². The highest BCUT2D eigenvalue weighted by molar-refractivity contribution is 5.85. The van der Waals surface area contributed by atoms with Crippen molar-refractivity contribution < 1.29 is 0 Å². The summed E-state index contributed by atoms with van der Waals surface area (Å²) in [6.45, 7) is 4.74. The molecule has 0 aromatic heterocycles. The third-order valence-corrected chi connectivity index (χ3v) is 9.94. The summed E-state index contributed by atoms with van der Waals surface area (Å²) < 4.78 is 0.